The van der Waals surface area contributed by atoms with E-state index in [4.69, 9.17) is 0 Å². The molecule has 5 heteroatoms. The van der Waals surface area contributed by atoms with Gasteiger partial charge in [0.25, 0.3) is 5.91 Å². The second kappa shape index (κ2) is 6.30. The minimum Gasteiger partial charge on any atom is -0.337 e. The summed E-state index contributed by atoms with van der Waals surface area (Å²) in [6, 6.07) is 10.8. The number of benzene rings is 1. The largest absolute Gasteiger partial charge is 0.337 e. The number of carbonyl (C=O) groups is 1. The van der Waals surface area contributed by atoms with Gasteiger partial charge in [0.1, 0.15) is 5.82 Å². The first-order valence-corrected chi connectivity index (χ1v) is 9.24. The van der Waals surface area contributed by atoms with E-state index in [1.54, 1.807) is 12.1 Å². The zero-order valence-electron chi connectivity index (χ0n) is 13.7. The first kappa shape index (κ1) is 15.8. The normalized spacial score (nSPS) is 23.7. The number of piperidine rings is 1. The first-order chi connectivity index (χ1) is 11.6. The average Bonchev–Trinajstić information content (AvgIpc) is 3.09. The predicted molar refractivity (Wildman–Crippen MR) is 93.7 cm³/mol. The fraction of sp³-hybridized carbons (Fsp3) is 0.421. The van der Waals surface area contributed by atoms with Crippen LogP contribution in [0.25, 0.3) is 0 Å². The van der Waals surface area contributed by atoms with Gasteiger partial charge in [-0.25, -0.2) is 4.39 Å². The van der Waals surface area contributed by atoms with Crippen LogP contribution in [-0.2, 0) is 6.54 Å². The van der Waals surface area contributed by atoms with E-state index in [2.05, 4.69) is 24.0 Å². The van der Waals surface area contributed by atoms with E-state index in [9.17, 15) is 9.18 Å². The smallest absolute Gasteiger partial charge is 0.254 e. The number of hydrogen-bond donors (Lipinski definition) is 0. The quantitative estimate of drug-likeness (QED) is 0.850. The van der Waals surface area contributed by atoms with Crippen molar-refractivity contribution in [2.24, 2.45) is 5.92 Å². The maximum atomic E-state index is 13.4. The van der Waals surface area contributed by atoms with Crippen LogP contribution in [0.3, 0.4) is 0 Å². The number of rotatable bonds is 3. The van der Waals surface area contributed by atoms with Gasteiger partial charge < -0.3 is 4.90 Å². The lowest BCUT2D eigenvalue weighted by molar-refractivity contribution is 0.0667. The second-order valence-corrected chi connectivity index (χ2v) is 8.29. The Labute approximate surface area is 145 Å². The first-order valence-electron chi connectivity index (χ1n) is 8.42. The number of likely N-dealkylation sites (tertiary alicyclic amines) is 2. The summed E-state index contributed by atoms with van der Waals surface area (Å²) in [6.45, 7) is 5.69. The van der Waals surface area contributed by atoms with Crippen molar-refractivity contribution in [2.75, 3.05) is 19.6 Å². The van der Waals surface area contributed by atoms with Gasteiger partial charge in [-0.05, 0) is 49.6 Å². The number of nitrogens with zero attached hydrogens (tertiary/aromatic N) is 2. The third kappa shape index (κ3) is 3.10. The summed E-state index contributed by atoms with van der Waals surface area (Å²) < 4.78 is 13.4. The molecular weight excluding hydrogens is 323 g/mol. The Kier molecular flexibility index (Phi) is 4.14. The summed E-state index contributed by atoms with van der Waals surface area (Å²) in [4.78, 5) is 19.8. The summed E-state index contributed by atoms with van der Waals surface area (Å²) in [6.07, 6.45) is 1.16. The molecule has 2 fully saturated rings. The van der Waals surface area contributed by atoms with Crippen molar-refractivity contribution in [1.29, 1.82) is 0 Å². The number of fused-ring (bicyclic) bond motifs is 2. The van der Waals surface area contributed by atoms with Crippen molar-refractivity contribution in [3.63, 3.8) is 0 Å². The fourth-order valence-electron chi connectivity index (χ4n) is 3.99. The van der Waals surface area contributed by atoms with Crippen LogP contribution in [0.4, 0.5) is 4.39 Å². The number of halogens is 1. The summed E-state index contributed by atoms with van der Waals surface area (Å²) in [7, 11) is 0. The molecule has 0 aliphatic carbocycles. The molecule has 2 aromatic rings. The van der Waals surface area contributed by atoms with Crippen molar-refractivity contribution in [3.05, 3.63) is 57.5 Å². The third-order valence-corrected chi connectivity index (χ3v) is 6.02. The van der Waals surface area contributed by atoms with E-state index in [1.807, 2.05) is 16.2 Å². The zero-order valence-corrected chi connectivity index (χ0v) is 14.6. The van der Waals surface area contributed by atoms with Crippen molar-refractivity contribution < 1.29 is 9.18 Å². The Morgan fingerprint density at radius 2 is 2.12 bits per heavy atom. The summed E-state index contributed by atoms with van der Waals surface area (Å²) in [5.41, 5.74) is 0.455. The van der Waals surface area contributed by atoms with Crippen LogP contribution in [0.1, 0.15) is 26.5 Å². The topological polar surface area (TPSA) is 23.6 Å². The molecule has 0 saturated carbocycles. The van der Waals surface area contributed by atoms with Crippen LogP contribution in [-0.4, -0.2) is 41.4 Å². The number of aryl methyl sites for hydroxylation is 1. The van der Waals surface area contributed by atoms with Crippen LogP contribution >= 0.6 is 11.3 Å². The lowest BCUT2D eigenvalue weighted by atomic mass is 9.99. The molecule has 3 nitrogen and oxygen atoms in total. The molecule has 126 valence electrons. The molecular formula is C19H21FN2OS. The van der Waals surface area contributed by atoms with Crippen molar-refractivity contribution in [1.82, 2.24) is 9.80 Å². The van der Waals surface area contributed by atoms with Crippen LogP contribution in [0.2, 0.25) is 0 Å². The van der Waals surface area contributed by atoms with Crippen LogP contribution in [0.15, 0.2) is 36.4 Å². The highest BCUT2D eigenvalue weighted by Gasteiger charge is 2.40. The van der Waals surface area contributed by atoms with E-state index in [0.717, 1.165) is 32.6 Å². The van der Waals surface area contributed by atoms with Gasteiger partial charge in [0.15, 0.2) is 0 Å². The lowest BCUT2D eigenvalue weighted by Gasteiger charge is -2.33. The fourth-order valence-corrected chi connectivity index (χ4v) is 4.90. The standard InChI is InChI=1S/C19H21FN2OS/c1-13-5-6-18(24-13)12-21-9-14-7-17(21)11-22(10-14)19(23)15-3-2-4-16(20)8-15/h2-6,8,14,17H,7,9-12H2,1H3. The van der Waals surface area contributed by atoms with Gasteiger partial charge in [0.05, 0.1) is 0 Å². The molecule has 4 rings (SSSR count). The minimum absolute atomic E-state index is 0.0435. The molecule has 24 heavy (non-hydrogen) atoms. The average molecular weight is 344 g/mol. The monoisotopic (exact) mass is 344 g/mol. The minimum atomic E-state index is -0.351. The Bertz CT molecular complexity index is 759. The highest BCUT2D eigenvalue weighted by Crippen LogP contribution is 2.32. The Hall–Kier alpha value is -1.72. The number of thiophene rings is 1. The molecule has 0 N–H and O–H groups in total. The second-order valence-electron chi connectivity index (χ2n) is 6.92. The highest BCUT2D eigenvalue weighted by atomic mass is 32.1. The van der Waals surface area contributed by atoms with Crippen LogP contribution in [0.5, 0.6) is 0 Å². The van der Waals surface area contributed by atoms with Crippen LogP contribution in [0, 0.1) is 18.7 Å². The molecule has 1 aromatic heterocycles. The maximum Gasteiger partial charge on any atom is 0.254 e. The Balaban J connectivity index is 1.45. The molecule has 2 unspecified atom stereocenters. The van der Waals surface area contributed by atoms with Gasteiger partial charge in [0.2, 0.25) is 0 Å². The van der Waals surface area contributed by atoms with E-state index in [-0.39, 0.29) is 11.7 Å². The number of carbonyl (C=O) groups excluding carboxylic acids is 1. The molecule has 1 amide bonds. The van der Waals surface area contributed by atoms with Gasteiger partial charge >= 0.3 is 0 Å². The van der Waals surface area contributed by atoms with E-state index >= 15 is 0 Å². The van der Waals surface area contributed by atoms with Gasteiger partial charge in [-0.2, -0.15) is 0 Å². The van der Waals surface area contributed by atoms with E-state index in [0.29, 0.717) is 17.5 Å². The highest BCUT2D eigenvalue weighted by molar-refractivity contribution is 7.11. The molecule has 2 aliphatic heterocycles. The van der Waals surface area contributed by atoms with Crippen molar-refractivity contribution in [2.45, 2.75) is 25.9 Å². The molecule has 1 aromatic carbocycles. The van der Waals surface area contributed by atoms with Gasteiger partial charge in [-0.1, -0.05) is 6.07 Å². The Morgan fingerprint density at radius 1 is 1.25 bits per heavy atom. The SMILES string of the molecule is Cc1ccc(CN2CC3CC2CN(C(=O)c2cccc(F)c2)C3)s1. The van der Waals surface area contributed by atoms with E-state index < -0.39 is 0 Å². The molecule has 0 spiro atoms. The summed E-state index contributed by atoms with van der Waals surface area (Å²) in [5.74, 6) is 0.135. The summed E-state index contributed by atoms with van der Waals surface area (Å²) in [5, 5.41) is 0. The van der Waals surface area contributed by atoms with Crippen molar-refractivity contribution >= 4 is 17.2 Å². The molecule has 3 heterocycles. The predicted octanol–water partition coefficient (Wildman–Crippen LogP) is 3.54. The molecule has 2 atom stereocenters. The lowest BCUT2D eigenvalue weighted by Crippen LogP contribution is -2.45. The molecule has 2 bridgehead atoms. The van der Waals surface area contributed by atoms with E-state index in [1.165, 1.54) is 21.9 Å². The zero-order chi connectivity index (χ0) is 16.7. The summed E-state index contributed by atoms with van der Waals surface area (Å²) >= 11 is 1.85. The van der Waals surface area contributed by atoms with Crippen molar-refractivity contribution in [3.8, 4) is 0 Å². The van der Waals surface area contributed by atoms with Gasteiger partial charge in [-0.15, -0.1) is 11.3 Å². The third-order valence-electron chi connectivity index (χ3n) is 5.04. The Morgan fingerprint density at radius 3 is 2.88 bits per heavy atom. The van der Waals surface area contributed by atoms with Gasteiger partial charge in [-0.3, -0.25) is 9.69 Å². The molecule has 2 saturated heterocycles. The maximum absolute atomic E-state index is 13.4. The number of amides is 1. The number of hydrogen-bond acceptors (Lipinski definition) is 3. The molecule has 0 radical (unpaired) electrons. The molecule has 2 aliphatic rings. The van der Waals surface area contributed by atoms with Gasteiger partial charge in [0, 0.05) is 47.5 Å². The van der Waals surface area contributed by atoms with Crippen LogP contribution < -0.4 is 0 Å².